The Bertz CT molecular complexity index is 450. The van der Waals surface area contributed by atoms with Crippen LogP contribution in [0.25, 0.3) is 10.9 Å². The molecule has 16 heavy (non-hydrogen) atoms. The zero-order valence-electron chi connectivity index (χ0n) is 8.38. The van der Waals surface area contributed by atoms with Gasteiger partial charge in [0.2, 0.25) is 0 Å². The Morgan fingerprint density at radius 1 is 1.44 bits per heavy atom. The standard InChI is InChI=1S/C8H6N2.C2H4N4/c1-2-4-8-7(3-1)5-9-6-10-8;3-1-6-2(4)5/h1-6H;(H4,4,5,6). The van der Waals surface area contributed by atoms with Crippen LogP contribution in [0.1, 0.15) is 0 Å². The van der Waals surface area contributed by atoms with Gasteiger partial charge in [0.05, 0.1) is 5.52 Å². The first-order chi connectivity index (χ1) is 7.74. The summed E-state index contributed by atoms with van der Waals surface area (Å²) in [6, 6.07) is 7.91. The predicted octanol–water partition coefficient (Wildman–Crippen LogP) is 0.580. The van der Waals surface area contributed by atoms with Crippen molar-refractivity contribution in [1.29, 1.82) is 10.7 Å². The summed E-state index contributed by atoms with van der Waals surface area (Å²) in [5.41, 5.74) is 5.65. The van der Waals surface area contributed by atoms with Gasteiger partial charge in [-0.1, -0.05) is 18.2 Å². The summed E-state index contributed by atoms with van der Waals surface area (Å²) in [6.45, 7) is 0. The molecule has 0 radical (unpaired) electrons. The average Bonchev–Trinajstić information content (AvgIpc) is 2.30. The van der Waals surface area contributed by atoms with Gasteiger partial charge < -0.3 is 5.73 Å². The van der Waals surface area contributed by atoms with Crippen LogP contribution >= 0.6 is 0 Å². The predicted molar refractivity (Wildman–Crippen MR) is 60.2 cm³/mol. The molecule has 1 aromatic heterocycles. The second-order valence-corrected chi connectivity index (χ2v) is 2.73. The van der Waals surface area contributed by atoms with E-state index in [1.165, 1.54) is 6.19 Å². The normalized spacial score (nSPS) is 8.44. The molecule has 0 saturated heterocycles. The SMILES string of the molecule is N#CNC(=N)N.c1ccc2ncncc2c1. The van der Waals surface area contributed by atoms with E-state index >= 15 is 0 Å². The minimum absolute atomic E-state index is 0.322. The van der Waals surface area contributed by atoms with E-state index in [9.17, 15) is 0 Å². The van der Waals surface area contributed by atoms with Crippen LogP contribution in [-0.2, 0) is 0 Å². The number of hydrogen-bond donors (Lipinski definition) is 3. The number of hydrogen-bond acceptors (Lipinski definition) is 4. The zero-order valence-corrected chi connectivity index (χ0v) is 8.38. The van der Waals surface area contributed by atoms with E-state index < -0.39 is 0 Å². The van der Waals surface area contributed by atoms with Crippen molar-refractivity contribution in [2.75, 3.05) is 0 Å². The molecule has 4 N–H and O–H groups in total. The lowest BCUT2D eigenvalue weighted by atomic mass is 10.2. The minimum atomic E-state index is -0.322. The van der Waals surface area contributed by atoms with E-state index in [4.69, 9.17) is 10.7 Å². The molecule has 0 saturated carbocycles. The fourth-order valence-electron chi connectivity index (χ4n) is 0.984. The maximum atomic E-state index is 7.65. The summed E-state index contributed by atoms with van der Waals surface area (Å²) < 4.78 is 0. The quantitative estimate of drug-likeness (QED) is 0.257. The zero-order chi connectivity index (χ0) is 11.8. The first-order valence-electron chi connectivity index (χ1n) is 4.38. The van der Waals surface area contributed by atoms with Crippen molar-refractivity contribution >= 4 is 16.9 Å². The van der Waals surface area contributed by atoms with Gasteiger partial charge in [-0.3, -0.25) is 10.7 Å². The van der Waals surface area contributed by atoms with Crippen LogP contribution in [0.4, 0.5) is 0 Å². The first-order valence-corrected chi connectivity index (χ1v) is 4.38. The molecule has 0 spiro atoms. The summed E-state index contributed by atoms with van der Waals surface area (Å²) in [4.78, 5) is 7.97. The molecule has 6 nitrogen and oxygen atoms in total. The number of nitrogens with two attached hydrogens (primary N) is 1. The van der Waals surface area contributed by atoms with Crippen molar-refractivity contribution in [3.05, 3.63) is 36.8 Å². The third-order valence-corrected chi connectivity index (χ3v) is 1.60. The van der Waals surface area contributed by atoms with Crippen molar-refractivity contribution in [1.82, 2.24) is 15.3 Å². The van der Waals surface area contributed by atoms with Gasteiger partial charge in [-0.25, -0.2) is 9.97 Å². The number of nitrogens with zero attached hydrogens (tertiary/aromatic N) is 3. The molecule has 0 fully saturated rings. The van der Waals surface area contributed by atoms with Gasteiger partial charge in [-0.05, 0) is 6.07 Å². The van der Waals surface area contributed by atoms with E-state index in [0.29, 0.717) is 0 Å². The number of fused-ring (bicyclic) bond motifs is 1. The molecule has 1 heterocycles. The second-order valence-electron chi connectivity index (χ2n) is 2.73. The average molecular weight is 214 g/mol. The number of rotatable bonds is 0. The lowest BCUT2D eigenvalue weighted by Gasteiger charge is -1.90. The second kappa shape index (κ2) is 5.93. The van der Waals surface area contributed by atoms with E-state index in [0.717, 1.165) is 10.9 Å². The third kappa shape index (κ3) is 3.59. The fourth-order valence-corrected chi connectivity index (χ4v) is 0.984. The first kappa shape index (κ1) is 11.4. The van der Waals surface area contributed by atoms with Crippen LogP contribution in [0.3, 0.4) is 0 Å². The van der Waals surface area contributed by atoms with Gasteiger partial charge in [-0.15, -0.1) is 0 Å². The molecule has 0 atom stereocenters. The van der Waals surface area contributed by atoms with Crippen molar-refractivity contribution in [3.8, 4) is 6.19 Å². The summed E-state index contributed by atoms with van der Waals surface area (Å²) in [7, 11) is 0. The van der Waals surface area contributed by atoms with Crippen molar-refractivity contribution in [3.63, 3.8) is 0 Å². The number of aromatic nitrogens is 2. The molecule has 0 aliphatic rings. The number of benzene rings is 1. The minimum Gasteiger partial charge on any atom is -0.369 e. The highest BCUT2D eigenvalue weighted by Crippen LogP contribution is 2.06. The van der Waals surface area contributed by atoms with Crippen LogP contribution in [0.15, 0.2) is 36.8 Å². The lowest BCUT2D eigenvalue weighted by molar-refractivity contribution is 1.19. The summed E-state index contributed by atoms with van der Waals surface area (Å²) in [5, 5.41) is 17.0. The Labute approximate surface area is 92.3 Å². The Morgan fingerprint density at radius 2 is 2.19 bits per heavy atom. The van der Waals surface area contributed by atoms with Crippen molar-refractivity contribution in [2.45, 2.75) is 0 Å². The topological polar surface area (TPSA) is 111 Å². The molecule has 0 bridgehead atoms. The van der Waals surface area contributed by atoms with Crippen LogP contribution < -0.4 is 11.1 Å². The highest BCUT2D eigenvalue weighted by molar-refractivity contribution is 5.76. The maximum Gasteiger partial charge on any atom is 0.199 e. The van der Waals surface area contributed by atoms with Gasteiger partial charge in [0.25, 0.3) is 0 Å². The summed E-state index contributed by atoms with van der Waals surface area (Å²) >= 11 is 0. The van der Waals surface area contributed by atoms with E-state index in [2.05, 4.69) is 15.7 Å². The molecule has 0 aliphatic carbocycles. The van der Waals surface area contributed by atoms with Crippen LogP contribution in [0.2, 0.25) is 0 Å². The van der Waals surface area contributed by atoms with E-state index in [1.807, 2.05) is 35.8 Å². The van der Waals surface area contributed by atoms with E-state index in [-0.39, 0.29) is 5.96 Å². The molecule has 0 amide bonds. The highest BCUT2D eigenvalue weighted by Gasteiger charge is 1.87. The van der Waals surface area contributed by atoms with Crippen LogP contribution in [0.5, 0.6) is 0 Å². The van der Waals surface area contributed by atoms with Gasteiger partial charge >= 0.3 is 0 Å². The maximum absolute atomic E-state index is 7.65. The Morgan fingerprint density at radius 3 is 2.75 bits per heavy atom. The number of nitrogens with one attached hydrogen (secondary N) is 2. The van der Waals surface area contributed by atoms with Crippen LogP contribution in [-0.4, -0.2) is 15.9 Å². The molecular formula is C10H10N6. The molecule has 6 heteroatoms. The third-order valence-electron chi connectivity index (χ3n) is 1.60. The van der Waals surface area contributed by atoms with Crippen LogP contribution in [0, 0.1) is 16.9 Å². The van der Waals surface area contributed by atoms with Crippen molar-refractivity contribution in [2.24, 2.45) is 5.73 Å². The Kier molecular flexibility index (Phi) is 4.22. The highest BCUT2D eigenvalue weighted by atomic mass is 15.0. The largest absolute Gasteiger partial charge is 0.369 e. The monoisotopic (exact) mass is 214 g/mol. The van der Waals surface area contributed by atoms with Gasteiger partial charge in [-0.2, -0.15) is 5.26 Å². The van der Waals surface area contributed by atoms with E-state index in [1.54, 1.807) is 6.33 Å². The number of para-hydroxylation sites is 1. The lowest BCUT2D eigenvalue weighted by Crippen LogP contribution is -2.25. The Hall–Kier alpha value is -2.68. The van der Waals surface area contributed by atoms with Gasteiger partial charge in [0.15, 0.2) is 12.2 Å². The van der Waals surface area contributed by atoms with Gasteiger partial charge in [0, 0.05) is 11.6 Å². The summed E-state index contributed by atoms with van der Waals surface area (Å²) in [6.07, 6.45) is 4.83. The number of guanidine groups is 1. The fraction of sp³-hybridized carbons (Fsp3) is 0. The molecule has 2 aromatic rings. The molecule has 0 aliphatic heterocycles. The number of nitriles is 1. The molecule has 2 rings (SSSR count). The molecule has 80 valence electrons. The molecule has 1 aromatic carbocycles. The smallest absolute Gasteiger partial charge is 0.199 e. The Balaban J connectivity index is 0.000000187. The van der Waals surface area contributed by atoms with Crippen molar-refractivity contribution < 1.29 is 0 Å². The van der Waals surface area contributed by atoms with Gasteiger partial charge in [0.1, 0.15) is 6.33 Å². The molecule has 0 unspecified atom stereocenters. The summed E-state index contributed by atoms with van der Waals surface area (Å²) in [5.74, 6) is -0.322. The molecular weight excluding hydrogens is 204 g/mol.